The third kappa shape index (κ3) is 3.71. The Bertz CT molecular complexity index is 538. The molecule has 98 valence electrons. The first-order valence-electron chi connectivity index (χ1n) is 5.47. The molecule has 1 saturated carbocycles. The van der Waals surface area contributed by atoms with Crippen LogP contribution in [0, 0.1) is 0 Å². The summed E-state index contributed by atoms with van der Waals surface area (Å²) in [6.07, 6.45) is 2.07. The Kier molecular flexibility index (Phi) is 3.91. The Morgan fingerprint density at radius 1 is 1.28 bits per heavy atom. The van der Waals surface area contributed by atoms with E-state index in [0.29, 0.717) is 17.3 Å². The van der Waals surface area contributed by atoms with Gasteiger partial charge in [0.1, 0.15) is 4.66 Å². The molecule has 0 unspecified atom stereocenters. The minimum absolute atomic E-state index is 0.118. The molecular formula is C11H13BrN2O3S. The van der Waals surface area contributed by atoms with Crippen molar-refractivity contribution >= 4 is 37.5 Å². The number of alkyl halides is 1. The van der Waals surface area contributed by atoms with E-state index in [-0.39, 0.29) is 10.6 Å². The van der Waals surface area contributed by atoms with Crippen molar-refractivity contribution in [3.63, 3.8) is 0 Å². The van der Waals surface area contributed by atoms with Crippen LogP contribution in [0.2, 0.25) is 0 Å². The lowest BCUT2D eigenvalue weighted by Crippen LogP contribution is -2.25. The lowest BCUT2D eigenvalue weighted by atomic mass is 10.2. The second-order valence-electron chi connectivity index (χ2n) is 4.15. The summed E-state index contributed by atoms with van der Waals surface area (Å²) in [5, 5.41) is 2.86. The summed E-state index contributed by atoms with van der Waals surface area (Å²) >= 11 is 2.89. The minimum atomic E-state index is -3.35. The third-order valence-electron chi connectivity index (χ3n) is 2.48. The van der Waals surface area contributed by atoms with Gasteiger partial charge in [-0.15, -0.1) is 0 Å². The molecule has 1 aliphatic carbocycles. The van der Waals surface area contributed by atoms with Crippen molar-refractivity contribution in [2.75, 3.05) is 9.38 Å². The predicted molar refractivity (Wildman–Crippen MR) is 73.3 cm³/mol. The summed E-state index contributed by atoms with van der Waals surface area (Å²) in [5.41, 5.74) is 0.973. The molecule has 1 aromatic rings. The van der Waals surface area contributed by atoms with E-state index in [1.54, 1.807) is 24.3 Å². The maximum Gasteiger partial charge on any atom is 0.251 e. The van der Waals surface area contributed by atoms with Gasteiger partial charge in [0.25, 0.3) is 5.91 Å². The first-order chi connectivity index (χ1) is 8.50. The number of hydrogen-bond donors (Lipinski definition) is 2. The van der Waals surface area contributed by atoms with E-state index in [1.165, 1.54) is 0 Å². The van der Waals surface area contributed by atoms with Crippen LogP contribution >= 0.6 is 15.9 Å². The summed E-state index contributed by atoms with van der Waals surface area (Å²) in [6.45, 7) is 0. The molecule has 1 aliphatic rings. The van der Waals surface area contributed by atoms with Crippen molar-refractivity contribution in [1.82, 2.24) is 5.32 Å². The summed E-state index contributed by atoms with van der Waals surface area (Å²) in [6, 6.07) is 6.65. The maximum atomic E-state index is 11.7. The highest BCUT2D eigenvalue weighted by Crippen LogP contribution is 2.19. The first kappa shape index (κ1) is 13.4. The molecule has 0 bridgehead atoms. The fourth-order valence-corrected chi connectivity index (χ4v) is 2.29. The highest BCUT2D eigenvalue weighted by Gasteiger charge is 2.23. The Hall–Kier alpha value is -1.08. The molecule has 1 amide bonds. The van der Waals surface area contributed by atoms with E-state index in [0.717, 1.165) is 12.8 Å². The Labute approximate surface area is 114 Å². The van der Waals surface area contributed by atoms with E-state index in [1.807, 2.05) is 0 Å². The van der Waals surface area contributed by atoms with E-state index < -0.39 is 10.0 Å². The van der Waals surface area contributed by atoms with E-state index in [2.05, 4.69) is 26.0 Å². The number of rotatable bonds is 5. The molecule has 0 radical (unpaired) electrons. The molecule has 0 atom stereocenters. The number of sulfonamides is 1. The normalized spacial score (nSPS) is 15.2. The number of nitrogens with one attached hydrogen (secondary N) is 2. The number of hydrogen-bond acceptors (Lipinski definition) is 3. The molecule has 1 aromatic carbocycles. The molecule has 2 N–H and O–H groups in total. The Morgan fingerprint density at radius 2 is 1.89 bits per heavy atom. The molecule has 5 nitrogen and oxygen atoms in total. The Balaban J connectivity index is 2.02. The van der Waals surface area contributed by atoms with Gasteiger partial charge in [-0.2, -0.15) is 0 Å². The second kappa shape index (κ2) is 5.27. The summed E-state index contributed by atoms with van der Waals surface area (Å²) < 4.78 is 24.8. The van der Waals surface area contributed by atoms with E-state index in [4.69, 9.17) is 0 Å². The van der Waals surface area contributed by atoms with Gasteiger partial charge < -0.3 is 5.32 Å². The summed E-state index contributed by atoms with van der Waals surface area (Å²) in [7, 11) is -3.35. The highest BCUT2D eigenvalue weighted by molar-refractivity contribution is 9.10. The maximum absolute atomic E-state index is 11.7. The molecule has 7 heteroatoms. The number of benzene rings is 1. The van der Waals surface area contributed by atoms with Gasteiger partial charge in [-0.25, -0.2) is 8.42 Å². The van der Waals surface area contributed by atoms with Crippen molar-refractivity contribution in [2.24, 2.45) is 0 Å². The van der Waals surface area contributed by atoms with Gasteiger partial charge in [0.2, 0.25) is 10.0 Å². The van der Waals surface area contributed by atoms with Crippen LogP contribution in [0.1, 0.15) is 23.2 Å². The molecule has 1 fully saturated rings. The zero-order valence-corrected chi connectivity index (χ0v) is 11.9. The van der Waals surface area contributed by atoms with Crippen LogP contribution in [0.3, 0.4) is 0 Å². The molecule has 0 saturated heterocycles. The highest BCUT2D eigenvalue weighted by atomic mass is 79.9. The number of carbonyl (C=O) groups excluding carboxylic acids is 1. The molecule has 18 heavy (non-hydrogen) atoms. The van der Waals surface area contributed by atoms with Gasteiger partial charge in [-0.3, -0.25) is 9.52 Å². The zero-order chi connectivity index (χ0) is 13.2. The topological polar surface area (TPSA) is 75.3 Å². The van der Waals surface area contributed by atoms with Crippen LogP contribution in [0.15, 0.2) is 24.3 Å². The number of amides is 1. The smallest absolute Gasteiger partial charge is 0.251 e. The third-order valence-corrected chi connectivity index (χ3v) is 5.12. The van der Waals surface area contributed by atoms with Crippen LogP contribution < -0.4 is 10.0 Å². The molecule has 0 heterocycles. The standard InChI is InChI=1S/C11H13BrN2O3S/c12-7-18(16,17)14-10-3-1-8(2-4-10)11(15)13-9-5-6-9/h1-4,9,14H,5-7H2,(H,13,15). The van der Waals surface area contributed by atoms with Gasteiger partial charge in [0, 0.05) is 17.3 Å². The van der Waals surface area contributed by atoms with Crippen LogP contribution in [0.25, 0.3) is 0 Å². The average molecular weight is 333 g/mol. The zero-order valence-electron chi connectivity index (χ0n) is 9.52. The number of anilines is 1. The predicted octanol–water partition coefficient (Wildman–Crippen LogP) is 1.67. The van der Waals surface area contributed by atoms with E-state index in [9.17, 15) is 13.2 Å². The number of carbonyl (C=O) groups is 1. The fourth-order valence-electron chi connectivity index (χ4n) is 1.39. The van der Waals surface area contributed by atoms with E-state index >= 15 is 0 Å². The lowest BCUT2D eigenvalue weighted by molar-refractivity contribution is 0.0951. The average Bonchev–Trinajstić information content (AvgIpc) is 3.13. The van der Waals surface area contributed by atoms with Crippen LogP contribution in [0.5, 0.6) is 0 Å². The number of halogens is 1. The van der Waals surface area contributed by atoms with Gasteiger partial charge in [0.05, 0.1) is 0 Å². The Morgan fingerprint density at radius 3 is 2.39 bits per heavy atom. The van der Waals surface area contributed by atoms with Crippen molar-refractivity contribution in [3.05, 3.63) is 29.8 Å². The SMILES string of the molecule is O=C(NC1CC1)c1ccc(NS(=O)(=O)CBr)cc1. The minimum Gasteiger partial charge on any atom is -0.349 e. The first-order valence-corrected chi connectivity index (χ1v) is 8.25. The van der Waals surface area contributed by atoms with Gasteiger partial charge in [0.15, 0.2) is 0 Å². The van der Waals surface area contributed by atoms with Gasteiger partial charge in [-0.1, -0.05) is 15.9 Å². The van der Waals surface area contributed by atoms with Gasteiger partial charge in [-0.05, 0) is 37.1 Å². The van der Waals surface area contributed by atoms with Crippen LogP contribution in [0.4, 0.5) is 5.69 Å². The van der Waals surface area contributed by atoms with Crippen LogP contribution in [-0.4, -0.2) is 25.0 Å². The molecule has 2 rings (SSSR count). The fraction of sp³-hybridized carbons (Fsp3) is 0.364. The summed E-state index contributed by atoms with van der Waals surface area (Å²) in [4.78, 5) is 11.7. The second-order valence-corrected chi connectivity index (χ2v) is 7.18. The van der Waals surface area contributed by atoms with Crippen LogP contribution in [-0.2, 0) is 10.0 Å². The molecule has 0 spiro atoms. The quantitative estimate of drug-likeness (QED) is 0.805. The molecule has 0 aromatic heterocycles. The largest absolute Gasteiger partial charge is 0.349 e. The van der Waals surface area contributed by atoms with Crippen molar-refractivity contribution in [2.45, 2.75) is 18.9 Å². The molecule has 0 aliphatic heterocycles. The van der Waals surface area contributed by atoms with Gasteiger partial charge >= 0.3 is 0 Å². The van der Waals surface area contributed by atoms with Crippen molar-refractivity contribution < 1.29 is 13.2 Å². The summed E-state index contributed by atoms with van der Waals surface area (Å²) in [5.74, 6) is -0.118. The van der Waals surface area contributed by atoms with Crippen molar-refractivity contribution in [1.29, 1.82) is 0 Å². The molecular weight excluding hydrogens is 320 g/mol. The lowest BCUT2D eigenvalue weighted by Gasteiger charge is -2.07. The van der Waals surface area contributed by atoms with Crippen molar-refractivity contribution in [3.8, 4) is 0 Å². The monoisotopic (exact) mass is 332 g/mol.